The van der Waals surface area contributed by atoms with Gasteiger partial charge in [-0.05, 0) is 47.1 Å². The quantitative estimate of drug-likeness (QED) is 0.627. The number of ketones is 1. The van der Waals surface area contributed by atoms with Crippen LogP contribution in [0.5, 0.6) is 5.75 Å². The molecule has 1 fully saturated rings. The Kier molecular flexibility index (Phi) is 7.19. The molecular weight excluding hydrogens is 375 g/mol. The molecule has 0 amide bonds. The van der Waals surface area contributed by atoms with Crippen molar-refractivity contribution in [1.82, 2.24) is 0 Å². The van der Waals surface area contributed by atoms with E-state index in [-0.39, 0.29) is 11.8 Å². The van der Waals surface area contributed by atoms with Crippen LogP contribution in [0.25, 0.3) is 0 Å². The maximum atomic E-state index is 12.5. The summed E-state index contributed by atoms with van der Waals surface area (Å²) < 4.78 is 10.8. The lowest BCUT2D eigenvalue weighted by atomic mass is 9.86. The lowest BCUT2D eigenvalue weighted by Crippen LogP contribution is -2.18. The Morgan fingerprint density at radius 2 is 1.93 bits per heavy atom. The second-order valence-electron chi connectivity index (χ2n) is 7.57. The molecule has 0 aliphatic heterocycles. The van der Waals surface area contributed by atoms with Gasteiger partial charge in [0.1, 0.15) is 11.5 Å². The smallest absolute Gasteiger partial charge is 0.391 e. The zero-order valence-corrected chi connectivity index (χ0v) is 17.1. The Balaban J connectivity index is 1.62. The first-order valence-electron chi connectivity index (χ1n) is 9.59. The summed E-state index contributed by atoms with van der Waals surface area (Å²) in [6.07, 6.45) is 1.45. The first-order valence-corrected chi connectivity index (χ1v) is 10.8. The molecule has 0 saturated heterocycles. The summed E-state index contributed by atoms with van der Waals surface area (Å²) in [6, 6.07) is 15.4. The largest absolute Gasteiger partial charge is 0.427 e. The van der Waals surface area contributed by atoms with Gasteiger partial charge in [0.2, 0.25) is 0 Å². The predicted molar refractivity (Wildman–Crippen MR) is 109 cm³/mol. The monoisotopic (exact) mass is 402 g/mol. The van der Waals surface area contributed by atoms with Crippen LogP contribution in [0.1, 0.15) is 55.2 Å². The topological polar surface area (TPSA) is 76.0 Å². The third-order valence-electron chi connectivity index (χ3n) is 5.20. The van der Waals surface area contributed by atoms with Crippen molar-refractivity contribution in [2.75, 3.05) is 6.61 Å². The van der Waals surface area contributed by atoms with Crippen LogP contribution < -0.4 is 4.52 Å². The molecule has 1 aliphatic carbocycles. The van der Waals surface area contributed by atoms with Crippen molar-refractivity contribution in [3.63, 3.8) is 0 Å². The first kappa shape index (κ1) is 20.9. The lowest BCUT2D eigenvalue weighted by molar-refractivity contribution is -0.119. The molecule has 1 saturated carbocycles. The van der Waals surface area contributed by atoms with Gasteiger partial charge in [-0.1, -0.05) is 50.2 Å². The molecule has 28 heavy (non-hydrogen) atoms. The van der Waals surface area contributed by atoms with Crippen molar-refractivity contribution in [1.29, 1.82) is 0 Å². The van der Waals surface area contributed by atoms with Crippen LogP contribution in [0.2, 0.25) is 0 Å². The molecule has 2 unspecified atom stereocenters. The average molecular weight is 402 g/mol. The van der Waals surface area contributed by atoms with Crippen molar-refractivity contribution in [2.45, 2.75) is 45.1 Å². The summed E-state index contributed by atoms with van der Waals surface area (Å²) in [5.41, 5.74) is 3.23. The number of hydrogen-bond donors (Lipinski definition) is 2. The lowest BCUT2D eigenvalue weighted by Gasteiger charge is -2.20. The van der Waals surface area contributed by atoms with E-state index in [0.717, 1.165) is 17.5 Å². The molecular formula is C22H27O5P. The number of benzene rings is 2. The Hall–Kier alpha value is -1.78. The zero-order chi connectivity index (χ0) is 20.1. The number of hydrogen-bond acceptors (Lipinski definition) is 5. The standard InChI is InChI=1S/C22H27O5P/c1-15(2)17-6-4-7-18(12-17)22-19(9-10-21(22)23)14-26-13-16-5-3-8-20(11-16)27-28(24)25/h3-8,11-12,15,19,22,24-25H,9-10,13-14H2,1-2H3. The summed E-state index contributed by atoms with van der Waals surface area (Å²) in [6.45, 7) is 5.21. The van der Waals surface area contributed by atoms with Crippen LogP contribution in [0.15, 0.2) is 48.5 Å². The van der Waals surface area contributed by atoms with Gasteiger partial charge in [0, 0.05) is 12.3 Å². The normalized spacial score (nSPS) is 19.6. The van der Waals surface area contributed by atoms with Crippen LogP contribution >= 0.6 is 8.60 Å². The zero-order valence-electron chi connectivity index (χ0n) is 16.2. The molecule has 0 heterocycles. The first-order chi connectivity index (χ1) is 13.4. The molecule has 2 aromatic carbocycles. The van der Waals surface area contributed by atoms with Gasteiger partial charge in [-0.25, -0.2) is 0 Å². The summed E-state index contributed by atoms with van der Waals surface area (Å²) in [4.78, 5) is 30.5. The highest BCUT2D eigenvalue weighted by Gasteiger charge is 2.36. The second-order valence-corrected chi connectivity index (χ2v) is 8.26. The van der Waals surface area contributed by atoms with Crippen molar-refractivity contribution in [3.05, 3.63) is 65.2 Å². The average Bonchev–Trinajstić information content (AvgIpc) is 3.02. The number of carbonyl (C=O) groups is 1. The van der Waals surface area contributed by atoms with E-state index in [1.165, 1.54) is 5.56 Å². The fourth-order valence-corrected chi connectivity index (χ4v) is 4.08. The maximum absolute atomic E-state index is 12.5. The SMILES string of the molecule is CC(C)c1cccc(C2C(=O)CCC2COCc2cccc(OP(O)O)c2)c1. The van der Waals surface area contributed by atoms with E-state index >= 15 is 0 Å². The van der Waals surface area contributed by atoms with Gasteiger partial charge in [-0.2, -0.15) is 0 Å². The molecule has 5 nitrogen and oxygen atoms in total. The van der Waals surface area contributed by atoms with E-state index in [0.29, 0.717) is 37.1 Å². The third-order valence-corrected chi connectivity index (χ3v) is 5.58. The van der Waals surface area contributed by atoms with Gasteiger partial charge < -0.3 is 19.0 Å². The van der Waals surface area contributed by atoms with Crippen LogP contribution in [-0.4, -0.2) is 22.2 Å². The van der Waals surface area contributed by atoms with E-state index in [4.69, 9.17) is 19.0 Å². The van der Waals surface area contributed by atoms with E-state index in [2.05, 4.69) is 32.0 Å². The minimum Gasteiger partial charge on any atom is -0.427 e. The fourth-order valence-electron chi connectivity index (χ4n) is 3.78. The summed E-state index contributed by atoms with van der Waals surface area (Å²) in [7, 11) is -2.43. The molecule has 0 spiro atoms. The molecule has 3 rings (SSSR count). The molecule has 150 valence electrons. The molecule has 0 radical (unpaired) electrons. The van der Waals surface area contributed by atoms with E-state index in [1.807, 2.05) is 12.1 Å². The van der Waals surface area contributed by atoms with Crippen LogP contribution in [0.3, 0.4) is 0 Å². The molecule has 0 aromatic heterocycles. The van der Waals surface area contributed by atoms with Crippen molar-refractivity contribution < 1.29 is 23.8 Å². The van der Waals surface area contributed by atoms with Crippen molar-refractivity contribution in [3.8, 4) is 5.75 Å². The fraction of sp³-hybridized carbons (Fsp3) is 0.409. The minimum atomic E-state index is -2.43. The van der Waals surface area contributed by atoms with Crippen molar-refractivity contribution in [2.24, 2.45) is 5.92 Å². The van der Waals surface area contributed by atoms with Crippen LogP contribution in [0, 0.1) is 5.92 Å². The molecule has 2 atom stereocenters. The minimum absolute atomic E-state index is 0.0966. The van der Waals surface area contributed by atoms with Gasteiger partial charge >= 0.3 is 8.60 Å². The van der Waals surface area contributed by atoms with E-state index in [1.54, 1.807) is 18.2 Å². The van der Waals surface area contributed by atoms with Gasteiger partial charge in [-0.3, -0.25) is 4.79 Å². The molecule has 6 heteroatoms. The molecule has 1 aliphatic rings. The number of rotatable bonds is 8. The number of carbonyl (C=O) groups excluding carboxylic acids is 1. The third kappa shape index (κ3) is 5.39. The highest BCUT2D eigenvalue weighted by Crippen LogP contribution is 2.38. The van der Waals surface area contributed by atoms with E-state index < -0.39 is 8.60 Å². The number of ether oxygens (including phenoxy) is 1. The predicted octanol–water partition coefficient (Wildman–Crippen LogP) is 4.68. The summed E-state index contributed by atoms with van der Waals surface area (Å²) in [5, 5.41) is 0. The highest BCUT2D eigenvalue weighted by atomic mass is 31.2. The maximum Gasteiger partial charge on any atom is 0.391 e. The van der Waals surface area contributed by atoms with E-state index in [9.17, 15) is 4.79 Å². The Morgan fingerprint density at radius 1 is 1.14 bits per heavy atom. The molecule has 0 bridgehead atoms. The summed E-state index contributed by atoms with van der Waals surface area (Å²) >= 11 is 0. The van der Waals surface area contributed by atoms with Crippen LogP contribution in [0.4, 0.5) is 0 Å². The number of Topliss-reactive ketones (excluding diaryl/α,β-unsaturated/α-hetero) is 1. The Labute approximate surface area is 167 Å². The van der Waals surface area contributed by atoms with Gasteiger partial charge in [0.15, 0.2) is 0 Å². The molecule has 2 N–H and O–H groups in total. The Morgan fingerprint density at radius 3 is 2.68 bits per heavy atom. The Bertz CT molecular complexity index is 805. The summed E-state index contributed by atoms with van der Waals surface area (Å²) in [5.74, 6) is 1.21. The molecule has 2 aromatic rings. The van der Waals surface area contributed by atoms with Crippen molar-refractivity contribution >= 4 is 14.4 Å². The van der Waals surface area contributed by atoms with Gasteiger partial charge in [0.25, 0.3) is 0 Å². The second kappa shape index (κ2) is 9.62. The van der Waals surface area contributed by atoms with Gasteiger partial charge in [0.05, 0.1) is 13.2 Å². The highest BCUT2D eigenvalue weighted by molar-refractivity contribution is 7.39. The van der Waals surface area contributed by atoms with Gasteiger partial charge in [-0.15, -0.1) is 0 Å². The van der Waals surface area contributed by atoms with Crippen LogP contribution in [-0.2, 0) is 16.1 Å².